The van der Waals surface area contributed by atoms with Gasteiger partial charge in [0, 0.05) is 43.3 Å². The summed E-state index contributed by atoms with van der Waals surface area (Å²) in [6.45, 7) is 2.68. The van der Waals surface area contributed by atoms with E-state index in [4.69, 9.17) is 0 Å². The van der Waals surface area contributed by atoms with Gasteiger partial charge >= 0.3 is 0 Å². The standard InChI is InChI=1S/C18H18F2N4O/c1-11-10-22-23-5-3-12(8-17(11)23)18(25)24-16(2-4-21-24)13-6-14(19)9-15(20)7-13/h4,6-7,9-10,12,16H,2-3,5,8H2,1H3/t12-,16-/m1/s1. The minimum absolute atomic E-state index is 0.102. The van der Waals surface area contributed by atoms with Crippen LogP contribution >= 0.6 is 0 Å². The molecule has 1 aromatic carbocycles. The Morgan fingerprint density at radius 2 is 2.00 bits per heavy atom. The third kappa shape index (κ3) is 2.83. The molecule has 0 N–H and O–H groups in total. The Balaban J connectivity index is 1.57. The first-order valence-corrected chi connectivity index (χ1v) is 8.35. The quantitative estimate of drug-likeness (QED) is 0.841. The lowest BCUT2D eigenvalue weighted by Gasteiger charge is -2.29. The minimum atomic E-state index is -0.647. The van der Waals surface area contributed by atoms with E-state index in [1.807, 2.05) is 17.8 Å². The van der Waals surface area contributed by atoms with Crippen molar-refractivity contribution in [3.63, 3.8) is 0 Å². The van der Waals surface area contributed by atoms with Crippen LogP contribution in [0.3, 0.4) is 0 Å². The Morgan fingerprint density at radius 1 is 1.24 bits per heavy atom. The summed E-state index contributed by atoms with van der Waals surface area (Å²) < 4.78 is 29.0. The molecule has 0 bridgehead atoms. The van der Waals surface area contributed by atoms with Gasteiger partial charge in [0.2, 0.25) is 5.91 Å². The maximum absolute atomic E-state index is 13.5. The third-order valence-electron chi connectivity index (χ3n) is 4.96. The summed E-state index contributed by atoms with van der Waals surface area (Å²) in [5.74, 6) is -1.59. The van der Waals surface area contributed by atoms with Crippen molar-refractivity contribution < 1.29 is 13.6 Å². The van der Waals surface area contributed by atoms with Gasteiger partial charge in [-0.3, -0.25) is 9.48 Å². The van der Waals surface area contributed by atoms with Crippen LogP contribution in [0.1, 0.15) is 35.7 Å². The lowest BCUT2D eigenvalue weighted by Crippen LogP contribution is -2.37. The van der Waals surface area contributed by atoms with Crippen LogP contribution in [0.5, 0.6) is 0 Å². The van der Waals surface area contributed by atoms with Gasteiger partial charge in [-0.25, -0.2) is 13.8 Å². The number of aromatic nitrogens is 2. The van der Waals surface area contributed by atoms with Crippen molar-refractivity contribution >= 4 is 12.1 Å². The summed E-state index contributed by atoms with van der Waals surface area (Å²) in [6.07, 6.45) is 5.20. The third-order valence-corrected chi connectivity index (χ3v) is 4.96. The van der Waals surface area contributed by atoms with Gasteiger partial charge in [-0.05, 0) is 36.6 Å². The molecule has 7 heteroatoms. The van der Waals surface area contributed by atoms with Crippen molar-refractivity contribution in [2.45, 2.75) is 38.8 Å². The molecule has 130 valence electrons. The summed E-state index contributed by atoms with van der Waals surface area (Å²) in [5, 5.41) is 9.88. The fraction of sp³-hybridized carbons (Fsp3) is 0.389. The smallest absolute Gasteiger partial charge is 0.246 e. The molecule has 0 saturated heterocycles. The number of amides is 1. The fourth-order valence-electron chi connectivity index (χ4n) is 3.65. The van der Waals surface area contributed by atoms with Crippen molar-refractivity contribution in [1.82, 2.24) is 14.8 Å². The van der Waals surface area contributed by atoms with Crippen LogP contribution in [0, 0.1) is 24.5 Å². The Hall–Kier alpha value is -2.57. The van der Waals surface area contributed by atoms with Gasteiger partial charge in [0.25, 0.3) is 0 Å². The second-order valence-electron chi connectivity index (χ2n) is 6.62. The summed E-state index contributed by atoms with van der Waals surface area (Å²) in [6, 6.07) is 2.91. The van der Waals surface area contributed by atoms with Crippen molar-refractivity contribution in [1.29, 1.82) is 0 Å². The molecule has 3 heterocycles. The average Bonchev–Trinajstić information content (AvgIpc) is 3.20. The molecule has 25 heavy (non-hydrogen) atoms. The van der Waals surface area contributed by atoms with Gasteiger partial charge in [0.15, 0.2) is 0 Å². The largest absolute Gasteiger partial charge is 0.273 e. The van der Waals surface area contributed by atoms with Gasteiger partial charge in [-0.1, -0.05) is 0 Å². The predicted octanol–water partition coefficient (Wildman–Crippen LogP) is 2.99. The molecule has 0 radical (unpaired) electrons. The maximum Gasteiger partial charge on any atom is 0.246 e. The monoisotopic (exact) mass is 344 g/mol. The first-order chi connectivity index (χ1) is 12.0. The van der Waals surface area contributed by atoms with E-state index < -0.39 is 17.7 Å². The molecule has 0 unspecified atom stereocenters. The highest BCUT2D eigenvalue weighted by atomic mass is 19.1. The SMILES string of the molecule is Cc1cnn2c1C[C@H](C(=O)N1N=CC[C@@H]1c1cc(F)cc(F)c1)CC2. The van der Waals surface area contributed by atoms with Gasteiger partial charge in [0.1, 0.15) is 11.6 Å². The van der Waals surface area contributed by atoms with Crippen molar-refractivity contribution in [3.05, 3.63) is 52.9 Å². The number of hydrogen-bond acceptors (Lipinski definition) is 3. The van der Waals surface area contributed by atoms with E-state index in [9.17, 15) is 13.6 Å². The van der Waals surface area contributed by atoms with Crippen molar-refractivity contribution in [2.24, 2.45) is 11.0 Å². The number of halogens is 2. The van der Waals surface area contributed by atoms with E-state index in [0.29, 0.717) is 31.4 Å². The first kappa shape index (κ1) is 15.9. The van der Waals surface area contributed by atoms with Crippen LogP contribution in [0.4, 0.5) is 8.78 Å². The number of rotatable bonds is 2. The number of hydrogen-bond donors (Lipinski definition) is 0. The molecular weight excluding hydrogens is 326 g/mol. The second-order valence-corrected chi connectivity index (χ2v) is 6.62. The van der Waals surface area contributed by atoms with E-state index in [1.165, 1.54) is 17.1 Å². The number of aryl methyl sites for hydroxylation is 2. The normalized spacial score (nSPS) is 22.3. The highest BCUT2D eigenvalue weighted by Gasteiger charge is 2.35. The van der Waals surface area contributed by atoms with Crippen molar-refractivity contribution in [2.75, 3.05) is 0 Å². The van der Waals surface area contributed by atoms with E-state index in [1.54, 1.807) is 6.21 Å². The van der Waals surface area contributed by atoms with Crippen LogP contribution < -0.4 is 0 Å². The summed E-state index contributed by atoms with van der Waals surface area (Å²) in [4.78, 5) is 13.0. The zero-order valence-electron chi connectivity index (χ0n) is 13.8. The molecule has 0 fully saturated rings. The molecular formula is C18H18F2N4O. The zero-order valence-corrected chi connectivity index (χ0v) is 13.8. The molecule has 5 nitrogen and oxygen atoms in total. The number of carbonyl (C=O) groups is 1. The number of benzene rings is 1. The van der Waals surface area contributed by atoms with E-state index in [2.05, 4.69) is 10.2 Å². The lowest BCUT2D eigenvalue weighted by molar-refractivity contribution is -0.138. The highest BCUT2D eigenvalue weighted by molar-refractivity contribution is 5.82. The molecule has 2 aliphatic heterocycles. The molecule has 2 aromatic rings. The molecule has 4 rings (SSSR count). The first-order valence-electron chi connectivity index (χ1n) is 8.35. The van der Waals surface area contributed by atoms with Gasteiger partial charge in [-0.2, -0.15) is 10.2 Å². The van der Waals surface area contributed by atoms with Crippen molar-refractivity contribution in [3.8, 4) is 0 Å². The van der Waals surface area contributed by atoms with Gasteiger partial charge < -0.3 is 0 Å². The molecule has 1 amide bonds. The average molecular weight is 344 g/mol. The van der Waals surface area contributed by atoms with Crippen LogP contribution in [0.15, 0.2) is 29.5 Å². The topological polar surface area (TPSA) is 50.5 Å². The molecule has 1 aromatic heterocycles. The number of fused-ring (bicyclic) bond motifs is 1. The number of carbonyl (C=O) groups excluding carboxylic acids is 1. The zero-order chi connectivity index (χ0) is 17.6. The van der Waals surface area contributed by atoms with Crippen LogP contribution in [0.25, 0.3) is 0 Å². The number of nitrogens with zero attached hydrogens (tertiary/aromatic N) is 4. The van der Waals surface area contributed by atoms with Crippen LogP contribution in [-0.2, 0) is 17.8 Å². The summed E-state index contributed by atoms with van der Waals surface area (Å²) >= 11 is 0. The Morgan fingerprint density at radius 3 is 2.76 bits per heavy atom. The molecule has 2 atom stereocenters. The highest BCUT2D eigenvalue weighted by Crippen LogP contribution is 2.33. The Labute approximate surface area is 143 Å². The molecule has 2 aliphatic rings. The maximum atomic E-state index is 13.5. The van der Waals surface area contributed by atoms with E-state index in [0.717, 1.165) is 17.3 Å². The lowest BCUT2D eigenvalue weighted by atomic mass is 9.92. The molecule has 0 saturated carbocycles. The molecule has 0 spiro atoms. The summed E-state index contributed by atoms with van der Waals surface area (Å²) in [7, 11) is 0. The minimum Gasteiger partial charge on any atom is -0.273 e. The van der Waals surface area contributed by atoms with Gasteiger partial charge in [0.05, 0.1) is 12.2 Å². The van der Waals surface area contributed by atoms with Crippen LogP contribution in [0.2, 0.25) is 0 Å². The van der Waals surface area contributed by atoms with Gasteiger partial charge in [-0.15, -0.1) is 0 Å². The van der Waals surface area contributed by atoms with E-state index >= 15 is 0 Å². The Kier molecular flexibility index (Phi) is 3.86. The Bertz CT molecular complexity index is 841. The molecule has 0 aliphatic carbocycles. The number of hydrazone groups is 1. The predicted molar refractivity (Wildman–Crippen MR) is 87.8 cm³/mol. The fourth-order valence-corrected chi connectivity index (χ4v) is 3.65. The van der Waals surface area contributed by atoms with Crippen LogP contribution in [-0.4, -0.2) is 26.9 Å². The second kappa shape index (κ2) is 6.06. The van der Waals surface area contributed by atoms with E-state index in [-0.39, 0.29) is 11.8 Å². The summed E-state index contributed by atoms with van der Waals surface area (Å²) in [5.41, 5.74) is 2.58.